The van der Waals surface area contributed by atoms with Crippen LogP contribution in [0.2, 0.25) is 0 Å². The van der Waals surface area contributed by atoms with Gasteiger partial charge in [0.2, 0.25) is 5.91 Å². The van der Waals surface area contributed by atoms with Crippen LogP contribution in [0.1, 0.15) is 43.5 Å². The molecule has 19 heavy (non-hydrogen) atoms. The van der Waals surface area contributed by atoms with Crippen LogP contribution in [0.4, 0.5) is 0 Å². The van der Waals surface area contributed by atoms with Gasteiger partial charge in [0.05, 0.1) is 6.42 Å². The largest absolute Gasteiger partial charge is 0.445 e. The van der Waals surface area contributed by atoms with E-state index in [2.05, 4.69) is 17.2 Å². The fraction of sp³-hybridized carbons (Fsp3) is 0.500. The van der Waals surface area contributed by atoms with E-state index in [1.54, 1.807) is 6.08 Å². The second kappa shape index (κ2) is 6.31. The number of allylic oxidation sites excluding steroid dienone is 1. The van der Waals surface area contributed by atoms with Crippen molar-refractivity contribution in [3.8, 4) is 0 Å². The maximum absolute atomic E-state index is 11.4. The second-order valence-corrected chi connectivity index (χ2v) is 4.60. The number of aromatic nitrogens is 1. The van der Waals surface area contributed by atoms with E-state index in [0.29, 0.717) is 31.0 Å². The molecule has 0 saturated heterocycles. The molecule has 5 nitrogen and oxygen atoms in total. The molecule has 1 aromatic rings. The van der Waals surface area contributed by atoms with Crippen molar-refractivity contribution in [3.63, 3.8) is 0 Å². The molecule has 0 spiro atoms. The molecule has 0 aliphatic heterocycles. The highest BCUT2D eigenvalue weighted by Crippen LogP contribution is 2.18. The van der Waals surface area contributed by atoms with E-state index in [9.17, 15) is 9.59 Å². The summed E-state index contributed by atoms with van der Waals surface area (Å²) in [4.78, 5) is 26.9. The molecule has 5 heteroatoms. The summed E-state index contributed by atoms with van der Waals surface area (Å²) in [5.41, 5.74) is 0.729. The third-order valence-electron chi connectivity index (χ3n) is 2.95. The van der Waals surface area contributed by atoms with Gasteiger partial charge in [0.1, 0.15) is 11.5 Å². The minimum atomic E-state index is 0.0306. The van der Waals surface area contributed by atoms with E-state index in [4.69, 9.17) is 4.42 Å². The smallest absolute Gasteiger partial charge is 0.220 e. The predicted octanol–water partition coefficient (Wildman–Crippen LogP) is 1.66. The maximum atomic E-state index is 11.4. The predicted molar refractivity (Wildman–Crippen MR) is 70.5 cm³/mol. The van der Waals surface area contributed by atoms with Gasteiger partial charge in [-0.1, -0.05) is 13.3 Å². The number of fused-ring (bicyclic) bond motifs is 1. The first-order valence-corrected chi connectivity index (χ1v) is 6.65. The number of ketones is 1. The zero-order valence-corrected chi connectivity index (χ0v) is 11.1. The number of amides is 1. The third-order valence-corrected chi connectivity index (χ3v) is 2.95. The topological polar surface area (TPSA) is 72.2 Å². The van der Waals surface area contributed by atoms with Gasteiger partial charge in [-0.2, -0.15) is 0 Å². The summed E-state index contributed by atoms with van der Waals surface area (Å²) < 4.78 is 5.50. The molecule has 0 saturated carbocycles. The maximum Gasteiger partial charge on any atom is 0.220 e. The van der Waals surface area contributed by atoms with Gasteiger partial charge < -0.3 is 9.73 Å². The summed E-state index contributed by atoms with van der Waals surface area (Å²) in [6.45, 7) is 2.57. The lowest BCUT2D eigenvalue weighted by Gasteiger charge is -2.02. The quantitative estimate of drug-likeness (QED) is 0.846. The fourth-order valence-electron chi connectivity index (χ4n) is 1.90. The Bertz CT molecular complexity index is 503. The zero-order valence-electron chi connectivity index (χ0n) is 11.1. The van der Waals surface area contributed by atoms with Crippen LogP contribution in [0.5, 0.6) is 0 Å². The molecule has 1 aliphatic rings. The summed E-state index contributed by atoms with van der Waals surface area (Å²) in [6, 6.07) is 0. The summed E-state index contributed by atoms with van der Waals surface area (Å²) in [5.74, 6) is 1.29. The Hall–Kier alpha value is -1.91. The summed E-state index contributed by atoms with van der Waals surface area (Å²) in [5, 5.41) is 2.83. The Kier molecular flexibility index (Phi) is 4.49. The van der Waals surface area contributed by atoms with Crippen molar-refractivity contribution >= 4 is 17.8 Å². The number of carbonyl (C=O) groups is 2. The first-order chi connectivity index (χ1) is 9.19. The molecule has 0 unspecified atom stereocenters. The van der Waals surface area contributed by atoms with E-state index < -0.39 is 0 Å². The number of unbranched alkanes of at least 4 members (excludes halogenated alkanes) is 1. The molecule has 0 atom stereocenters. The van der Waals surface area contributed by atoms with Crippen LogP contribution in [0.15, 0.2) is 10.5 Å². The normalized spacial score (nSPS) is 13.4. The van der Waals surface area contributed by atoms with Gasteiger partial charge >= 0.3 is 0 Å². The molecule has 0 bridgehead atoms. The number of hydrogen-bond donors (Lipinski definition) is 1. The summed E-state index contributed by atoms with van der Waals surface area (Å²) in [6.07, 6.45) is 6.51. The Morgan fingerprint density at radius 3 is 3.11 bits per heavy atom. The number of nitrogens with one attached hydrogen (secondary N) is 1. The van der Waals surface area contributed by atoms with E-state index in [1.165, 1.54) is 6.08 Å². The summed E-state index contributed by atoms with van der Waals surface area (Å²) in [7, 11) is 0. The molecule has 1 heterocycles. The number of oxazole rings is 1. The van der Waals surface area contributed by atoms with E-state index in [-0.39, 0.29) is 18.1 Å². The van der Waals surface area contributed by atoms with Crippen LogP contribution in [0, 0.1) is 0 Å². The average molecular weight is 262 g/mol. The molecule has 1 N–H and O–H groups in total. The van der Waals surface area contributed by atoms with Crippen molar-refractivity contribution < 1.29 is 14.0 Å². The molecule has 0 radical (unpaired) electrons. The second-order valence-electron chi connectivity index (χ2n) is 4.60. The SMILES string of the molecule is CCCCC(=O)NCCc1nc2c(o1)CC(=O)C=C2. The van der Waals surface area contributed by atoms with Crippen LogP contribution in [-0.2, 0) is 22.4 Å². The minimum Gasteiger partial charge on any atom is -0.445 e. The van der Waals surface area contributed by atoms with Crippen LogP contribution in [0.25, 0.3) is 6.08 Å². The van der Waals surface area contributed by atoms with Gasteiger partial charge in [-0.25, -0.2) is 4.98 Å². The Balaban J connectivity index is 1.80. The molecule has 2 rings (SSSR count). The van der Waals surface area contributed by atoms with E-state index in [0.717, 1.165) is 18.5 Å². The Labute approximate surface area is 112 Å². The van der Waals surface area contributed by atoms with Gasteiger partial charge in [0.15, 0.2) is 11.7 Å². The number of carbonyl (C=O) groups excluding carboxylic acids is 2. The zero-order chi connectivity index (χ0) is 13.7. The molecular weight excluding hydrogens is 244 g/mol. The monoisotopic (exact) mass is 262 g/mol. The van der Waals surface area contributed by atoms with E-state index >= 15 is 0 Å². The van der Waals surface area contributed by atoms with Crippen LogP contribution in [0.3, 0.4) is 0 Å². The molecule has 1 aliphatic carbocycles. The highest BCUT2D eigenvalue weighted by molar-refractivity contribution is 5.97. The van der Waals surface area contributed by atoms with Gasteiger partial charge in [-0.05, 0) is 18.6 Å². The van der Waals surface area contributed by atoms with Gasteiger partial charge in [0, 0.05) is 19.4 Å². The van der Waals surface area contributed by atoms with Crippen molar-refractivity contribution in [3.05, 3.63) is 23.4 Å². The highest BCUT2D eigenvalue weighted by atomic mass is 16.4. The first-order valence-electron chi connectivity index (χ1n) is 6.65. The molecule has 0 aromatic carbocycles. The van der Waals surface area contributed by atoms with Gasteiger partial charge in [0.25, 0.3) is 0 Å². The lowest BCUT2D eigenvalue weighted by molar-refractivity contribution is -0.121. The summed E-state index contributed by atoms with van der Waals surface area (Å²) >= 11 is 0. The molecular formula is C14H18N2O3. The van der Waals surface area contributed by atoms with Crippen molar-refractivity contribution in [2.75, 3.05) is 6.54 Å². The average Bonchev–Trinajstić information content (AvgIpc) is 2.78. The van der Waals surface area contributed by atoms with Gasteiger partial charge in [-0.3, -0.25) is 9.59 Å². The van der Waals surface area contributed by atoms with Gasteiger partial charge in [-0.15, -0.1) is 0 Å². The van der Waals surface area contributed by atoms with Crippen molar-refractivity contribution in [2.24, 2.45) is 0 Å². The fourth-order valence-corrected chi connectivity index (χ4v) is 1.90. The van der Waals surface area contributed by atoms with E-state index in [1.807, 2.05) is 0 Å². The minimum absolute atomic E-state index is 0.0306. The molecule has 0 fully saturated rings. The van der Waals surface area contributed by atoms with Crippen LogP contribution < -0.4 is 5.32 Å². The lowest BCUT2D eigenvalue weighted by Crippen LogP contribution is -2.25. The van der Waals surface area contributed by atoms with Crippen LogP contribution in [-0.4, -0.2) is 23.2 Å². The highest BCUT2D eigenvalue weighted by Gasteiger charge is 2.17. The Morgan fingerprint density at radius 1 is 1.47 bits per heavy atom. The van der Waals surface area contributed by atoms with Crippen molar-refractivity contribution in [1.29, 1.82) is 0 Å². The van der Waals surface area contributed by atoms with Crippen molar-refractivity contribution in [1.82, 2.24) is 10.3 Å². The molecule has 102 valence electrons. The number of rotatable bonds is 6. The third kappa shape index (κ3) is 3.77. The van der Waals surface area contributed by atoms with Crippen LogP contribution >= 0.6 is 0 Å². The molecule has 1 aromatic heterocycles. The number of nitrogens with zero attached hydrogens (tertiary/aromatic N) is 1. The number of hydrogen-bond acceptors (Lipinski definition) is 4. The Morgan fingerprint density at radius 2 is 2.32 bits per heavy atom. The first kappa shape index (κ1) is 13.5. The lowest BCUT2D eigenvalue weighted by atomic mass is 10.1. The molecule has 1 amide bonds. The van der Waals surface area contributed by atoms with Crippen molar-refractivity contribution in [2.45, 2.75) is 39.0 Å². The standard InChI is InChI=1S/C14H18N2O3/c1-2-3-4-13(18)15-8-7-14-16-11-6-5-10(17)9-12(11)19-14/h5-6H,2-4,7-9H2,1H3,(H,15,18).